The third kappa shape index (κ3) is 38.9. The summed E-state index contributed by atoms with van der Waals surface area (Å²) in [5.41, 5.74) is 22.3. The van der Waals surface area contributed by atoms with E-state index in [1.54, 1.807) is 68.6 Å². The van der Waals surface area contributed by atoms with Crippen LogP contribution in [0.4, 0.5) is 5.00 Å². The van der Waals surface area contributed by atoms with E-state index in [0.717, 1.165) is 11.3 Å². The molecule has 45 nitrogen and oxygen atoms in total. The monoisotopic (exact) mass is 1780 g/mol. The van der Waals surface area contributed by atoms with Crippen LogP contribution in [-0.4, -0.2) is 282 Å². The van der Waals surface area contributed by atoms with E-state index in [9.17, 15) is 96.8 Å². The van der Waals surface area contributed by atoms with E-state index in [4.69, 9.17) is 39.2 Å². The topological polar surface area (TPSA) is 734 Å². The van der Waals surface area contributed by atoms with Gasteiger partial charge in [0.1, 0.15) is 84.8 Å². The summed E-state index contributed by atoms with van der Waals surface area (Å²) >= 11 is 13.8. The third-order valence-corrected chi connectivity index (χ3v) is 20.3. The first-order chi connectivity index (χ1) is 57.2. The molecular weight excluding hydrogens is 1660 g/mol. The molecular formula is C72H117N25O20S4. The average molecular weight is 1780 g/mol. The number of thiol groups is 3. The van der Waals surface area contributed by atoms with Gasteiger partial charge in [-0.15, -0.1) is 11.3 Å². The molecule has 31 N–H and O–H groups in total. The minimum absolute atomic E-state index is 0.0157. The van der Waals surface area contributed by atoms with Gasteiger partial charge in [0.05, 0.1) is 43.8 Å². The zero-order valence-electron chi connectivity index (χ0n) is 67.9. The predicted molar refractivity (Wildman–Crippen MR) is 455 cm³/mol. The van der Waals surface area contributed by atoms with Crippen LogP contribution in [0.5, 0.6) is 0 Å². The minimum atomic E-state index is -2.00. The number of amides is 15. The normalized spacial score (nSPS) is 14.9. The number of anilines is 1. The largest absolute Gasteiger partial charge is 0.481 e. The molecule has 0 fully saturated rings. The molecule has 0 unspecified atom stereocenters. The number of aldehydes is 1. The highest BCUT2D eigenvalue weighted by Crippen LogP contribution is 2.26. The van der Waals surface area contributed by atoms with Crippen molar-refractivity contribution in [1.82, 2.24) is 90.4 Å². The van der Waals surface area contributed by atoms with E-state index >= 15 is 0 Å². The van der Waals surface area contributed by atoms with E-state index in [2.05, 4.69) is 128 Å². The number of nitrogens with one attached hydrogen (secondary N) is 20. The predicted octanol–water partition coefficient (Wildman–Crippen LogP) is -8.56. The third-order valence-electron chi connectivity index (χ3n) is 18.4. The van der Waals surface area contributed by atoms with Crippen LogP contribution in [0.1, 0.15) is 105 Å². The summed E-state index contributed by atoms with van der Waals surface area (Å²) < 4.78 is 0. The lowest BCUT2D eigenvalue weighted by atomic mass is 9.96. The molecule has 1 heterocycles. The number of nitrogens with two attached hydrogens (primary N) is 4. The molecule has 2 aromatic rings. The van der Waals surface area contributed by atoms with Crippen molar-refractivity contribution in [2.75, 3.05) is 68.1 Å². The summed E-state index contributed by atoms with van der Waals surface area (Å²) in [4.78, 5) is 233. The van der Waals surface area contributed by atoms with Crippen molar-refractivity contribution < 1.29 is 96.8 Å². The molecule has 16 atom stereocenters. The average Bonchev–Trinajstić information content (AvgIpc) is 1.61. The van der Waals surface area contributed by atoms with Crippen LogP contribution in [0.3, 0.4) is 0 Å². The Balaban J connectivity index is 2.36. The maximum atomic E-state index is 14.5. The smallest absolute Gasteiger partial charge is 0.305 e. The highest BCUT2D eigenvalue weighted by atomic mass is 32.1. The molecule has 0 saturated heterocycles. The Morgan fingerprint density at radius 1 is 0.455 bits per heavy atom. The summed E-state index contributed by atoms with van der Waals surface area (Å²) in [7, 11) is 0. The number of thiophene rings is 1. The van der Waals surface area contributed by atoms with Crippen molar-refractivity contribution in [2.24, 2.45) is 34.8 Å². The molecule has 0 radical (unpaired) electrons. The molecule has 1 aromatic heterocycles. The lowest BCUT2D eigenvalue weighted by Gasteiger charge is -2.31. The molecule has 0 aliphatic heterocycles. The summed E-state index contributed by atoms with van der Waals surface area (Å²) in [6.07, 6.45) is -0.334. The van der Waals surface area contributed by atoms with Crippen molar-refractivity contribution in [3.8, 4) is 0 Å². The zero-order chi connectivity index (χ0) is 91.2. The number of carbonyl (C=O) groups excluding carboxylic acids is 16. The quantitative estimate of drug-likeness (QED) is 0.00961. The summed E-state index contributed by atoms with van der Waals surface area (Å²) in [6, 6.07) is -9.23. The first kappa shape index (κ1) is 106. The minimum Gasteiger partial charge on any atom is -0.481 e. The molecule has 49 heteroatoms. The zero-order valence-corrected chi connectivity index (χ0v) is 71.4. The van der Waals surface area contributed by atoms with Crippen molar-refractivity contribution in [1.29, 1.82) is 16.2 Å². The number of hydrogen-bond donors (Lipinski definition) is 30. The second-order valence-corrected chi connectivity index (χ2v) is 29.9. The van der Waals surface area contributed by atoms with Crippen LogP contribution in [0, 0.1) is 28.1 Å². The molecule has 674 valence electrons. The van der Waals surface area contributed by atoms with Crippen LogP contribution < -0.4 is 118 Å². The number of carboxylic acids is 1. The second kappa shape index (κ2) is 56.4. The van der Waals surface area contributed by atoms with Gasteiger partial charge in [-0.1, -0.05) is 70.9 Å². The number of carbonyl (C=O) groups is 17. The van der Waals surface area contributed by atoms with E-state index in [-0.39, 0.29) is 94.2 Å². The van der Waals surface area contributed by atoms with Crippen molar-refractivity contribution in [3.63, 3.8) is 0 Å². The van der Waals surface area contributed by atoms with E-state index in [1.807, 2.05) is 0 Å². The molecule has 0 aliphatic carbocycles. The van der Waals surface area contributed by atoms with E-state index < -0.39 is 236 Å². The number of hydrogen-bond acceptors (Lipinski definition) is 27. The van der Waals surface area contributed by atoms with Crippen LogP contribution in [0.25, 0.3) is 0 Å². The molecule has 0 saturated carbocycles. The highest BCUT2D eigenvalue weighted by Gasteiger charge is 2.39. The van der Waals surface area contributed by atoms with Gasteiger partial charge in [-0.2, -0.15) is 37.9 Å². The summed E-state index contributed by atoms with van der Waals surface area (Å²) in [5, 5.41) is 95.4. The maximum absolute atomic E-state index is 14.5. The van der Waals surface area contributed by atoms with Gasteiger partial charge in [-0.3, -0.25) is 97.8 Å². The fourth-order valence-electron chi connectivity index (χ4n) is 11.1. The number of carboxylic acid groups (broad SMARTS) is 1. The standard InChI is InChI=1S/C72H117N25O20S4/c1-7-36(3)55(95-60(108)43(19-13-23-81-71(76)77)87-52(102)29-83-51(101)28-84-59(107)45(26-40-16-10-9-11-17-40)89-57(105)38(5)85-64(112)48(33-118)92-63(111)47(32-100)91-58(106)42(73)31-99)67(115)90-46(27-54(103)104)62(110)88-44(20-14-24-82-72(78)79)61(109)96-56(37(4)8-2)68(116)94-50(35-120)66(114)93-49(34-119)65(113)86-39(6)69(117)97(53-21-15-25-121-53)41(30-98)18-12-22-80-70(74)75/h9-11,15-17,21,25,30,36-39,41-50,55-56,99-100,118-120H,7-8,12-14,18-20,22-24,26-29,31-35,73H2,1-6H3,(H,83,101)(H,84,107)(H,85,112)(H,86,113)(H,87,102)(H,88,110)(H,89,105)(H,90,115)(H,91,106)(H,92,111)(H,93,114)(H,94,116)(H,95,108)(H,96,109)(H,103,104)(H4,74,75,80)(H4,76,77,81)(H4,78,79,82)/t36-,37-,38+,39-,41-,42-,43-,44-,45-,46-,47-,48-,49-,50-,55-,56-/m0/s1. The van der Waals surface area contributed by atoms with Crippen molar-refractivity contribution in [3.05, 3.63) is 53.4 Å². The van der Waals surface area contributed by atoms with Crippen LogP contribution in [0.2, 0.25) is 0 Å². The van der Waals surface area contributed by atoms with Gasteiger partial charge in [0.25, 0.3) is 5.91 Å². The van der Waals surface area contributed by atoms with Gasteiger partial charge < -0.3 is 133 Å². The van der Waals surface area contributed by atoms with Gasteiger partial charge >= 0.3 is 5.97 Å². The highest BCUT2D eigenvalue weighted by molar-refractivity contribution is 7.80. The van der Waals surface area contributed by atoms with Crippen molar-refractivity contribution >= 4 is 173 Å². The fraction of sp³-hybridized carbons (Fsp3) is 0.583. The van der Waals surface area contributed by atoms with E-state index in [1.165, 1.54) is 25.7 Å². The molecule has 1 aromatic carbocycles. The Bertz CT molecular complexity index is 3840. The maximum Gasteiger partial charge on any atom is 0.305 e. The number of aliphatic hydroxyl groups excluding tert-OH is 2. The first-order valence-electron chi connectivity index (χ1n) is 38.5. The SMILES string of the molecule is CC[C@H](C)[C@H](NC(=O)[C@H](CCCNC(=N)N)NC(=O)CNC(=O)CNC(=O)[C@H](Cc1ccccc1)NC(=O)[C@@H](C)NC(=O)[C@H](CS)NC(=O)[C@H](CO)NC(=O)[C@@H](N)CO)C(=O)N[C@@H](CC(=O)O)C(=O)N[C@@H](CCCNC(=N)N)C(=O)N[C@H](C(=O)N[C@@H](CS)C(=O)N[C@@H](CS)C(=O)N[C@@H](C)C(=O)N(c1cccs1)[C@H](C=O)CCCNC(=N)N)[C@@H](C)CC. The first-order valence-corrected chi connectivity index (χ1v) is 41.3. The van der Waals surface area contributed by atoms with Gasteiger partial charge in [-0.25, -0.2) is 0 Å². The molecule has 121 heavy (non-hydrogen) atoms. The summed E-state index contributed by atoms with van der Waals surface area (Å²) in [5.74, 6) is -20.0. The number of guanidine groups is 3. The number of nitrogens with zero attached hydrogens (tertiary/aromatic N) is 1. The number of rotatable bonds is 57. The Morgan fingerprint density at radius 3 is 1.31 bits per heavy atom. The summed E-state index contributed by atoms with van der Waals surface area (Å²) in [6.45, 7) is 5.84. The Morgan fingerprint density at radius 2 is 0.868 bits per heavy atom. The molecule has 0 aliphatic rings. The lowest BCUT2D eigenvalue weighted by Crippen LogP contribution is -2.62. The Labute approximate surface area is 719 Å². The van der Waals surface area contributed by atoms with Crippen molar-refractivity contribution in [2.45, 2.75) is 190 Å². The Kier molecular flexibility index (Phi) is 49.4. The Hall–Kier alpha value is -11.2. The number of benzene rings is 1. The van der Waals surface area contributed by atoms with Gasteiger partial charge in [0.2, 0.25) is 82.7 Å². The molecule has 2 rings (SSSR count). The number of aliphatic carboxylic acids is 1. The van der Waals surface area contributed by atoms with Gasteiger partial charge in [-0.05, 0) is 87.3 Å². The molecule has 15 amide bonds. The fourth-order valence-corrected chi connectivity index (χ4v) is 12.7. The van der Waals surface area contributed by atoms with E-state index in [0.29, 0.717) is 23.3 Å². The van der Waals surface area contributed by atoms with Gasteiger partial charge in [0, 0.05) is 43.3 Å². The molecule has 0 bridgehead atoms. The number of aliphatic hydroxyl groups is 2. The lowest BCUT2D eigenvalue weighted by molar-refractivity contribution is -0.142. The van der Waals surface area contributed by atoms with Crippen LogP contribution in [0.15, 0.2) is 47.8 Å². The van der Waals surface area contributed by atoms with Crippen LogP contribution in [-0.2, 0) is 87.9 Å². The molecule has 0 spiro atoms. The van der Waals surface area contributed by atoms with Gasteiger partial charge in [0.15, 0.2) is 17.9 Å². The second-order valence-electron chi connectivity index (χ2n) is 27.9. The van der Waals surface area contributed by atoms with Crippen LogP contribution >= 0.6 is 49.2 Å².